The second-order valence-electron chi connectivity index (χ2n) is 4.80. The number of ether oxygens (including phenoxy) is 1. The summed E-state index contributed by atoms with van der Waals surface area (Å²) in [6, 6.07) is 7.77. The Morgan fingerprint density at radius 3 is 2.67 bits per heavy atom. The van der Waals surface area contributed by atoms with Gasteiger partial charge in [0.05, 0.1) is 12.8 Å². The van der Waals surface area contributed by atoms with Crippen molar-refractivity contribution in [1.29, 1.82) is 0 Å². The van der Waals surface area contributed by atoms with Gasteiger partial charge in [-0.25, -0.2) is 4.98 Å². The fraction of sp³-hybridized carbons (Fsp3) is 0.375. The van der Waals surface area contributed by atoms with Crippen molar-refractivity contribution in [3.05, 3.63) is 29.1 Å². The van der Waals surface area contributed by atoms with E-state index in [2.05, 4.69) is 17.2 Å². The largest absolute Gasteiger partial charge is 0.497 e. The zero-order valence-corrected chi connectivity index (χ0v) is 13.4. The Labute approximate surface area is 129 Å². The van der Waals surface area contributed by atoms with Crippen LogP contribution in [0.15, 0.2) is 24.3 Å². The summed E-state index contributed by atoms with van der Waals surface area (Å²) in [6.45, 7) is 4.08. The van der Waals surface area contributed by atoms with Crippen LogP contribution in [-0.2, 0) is 4.79 Å². The molecule has 1 aromatic heterocycles. The van der Waals surface area contributed by atoms with Crippen LogP contribution in [0.2, 0.25) is 0 Å². The van der Waals surface area contributed by atoms with E-state index < -0.39 is 0 Å². The molecular formula is C16H20N2O2S. The van der Waals surface area contributed by atoms with Gasteiger partial charge in [0.25, 0.3) is 0 Å². The number of aryl methyl sites for hydroxylation is 1. The van der Waals surface area contributed by atoms with Crippen molar-refractivity contribution in [3.8, 4) is 17.0 Å². The molecule has 0 bridgehead atoms. The van der Waals surface area contributed by atoms with Gasteiger partial charge in [-0.1, -0.05) is 13.3 Å². The van der Waals surface area contributed by atoms with E-state index in [4.69, 9.17) is 4.74 Å². The van der Waals surface area contributed by atoms with Crippen LogP contribution in [0.25, 0.3) is 11.3 Å². The number of unbranched alkanes of at least 4 members (excludes halogenated alkanes) is 1. The number of hydrogen-bond acceptors (Lipinski definition) is 4. The Balaban J connectivity index is 2.12. The van der Waals surface area contributed by atoms with Gasteiger partial charge in [0.15, 0.2) is 5.13 Å². The first-order valence-corrected chi connectivity index (χ1v) is 7.87. The van der Waals surface area contributed by atoms with E-state index >= 15 is 0 Å². The van der Waals surface area contributed by atoms with E-state index in [1.165, 1.54) is 11.3 Å². The van der Waals surface area contributed by atoms with Crippen molar-refractivity contribution in [3.63, 3.8) is 0 Å². The van der Waals surface area contributed by atoms with Crippen LogP contribution in [0.5, 0.6) is 5.75 Å². The molecule has 0 fully saturated rings. The Hall–Kier alpha value is -1.88. The van der Waals surface area contributed by atoms with Crippen LogP contribution in [-0.4, -0.2) is 18.0 Å². The van der Waals surface area contributed by atoms with Gasteiger partial charge in [-0.2, -0.15) is 0 Å². The molecule has 0 saturated carbocycles. The van der Waals surface area contributed by atoms with Crippen molar-refractivity contribution in [2.75, 3.05) is 12.4 Å². The number of nitrogens with zero attached hydrogens (tertiary/aromatic N) is 1. The van der Waals surface area contributed by atoms with E-state index in [1.54, 1.807) is 7.11 Å². The number of thiazole rings is 1. The zero-order chi connectivity index (χ0) is 15.2. The maximum Gasteiger partial charge on any atom is 0.226 e. The van der Waals surface area contributed by atoms with Crippen molar-refractivity contribution >= 4 is 22.4 Å². The summed E-state index contributed by atoms with van der Waals surface area (Å²) in [5.41, 5.74) is 1.94. The minimum absolute atomic E-state index is 0.0341. The van der Waals surface area contributed by atoms with Crippen LogP contribution in [0, 0.1) is 6.92 Å². The molecule has 1 amide bonds. The van der Waals surface area contributed by atoms with Crippen molar-refractivity contribution in [2.45, 2.75) is 33.1 Å². The first-order chi connectivity index (χ1) is 10.1. The van der Waals surface area contributed by atoms with Crippen LogP contribution in [0.1, 0.15) is 31.1 Å². The van der Waals surface area contributed by atoms with Crippen molar-refractivity contribution in [2.24, 2.45) is 0 Å². The number of anilines is 1. The molecule has 0 spiro atoms. The van der Waals surface area contributed by atoms with Gasteiger partial charge in [0.1, 0.15) is 5.75 Å². The summed E-state index contributed by atoms with van der Waals surface area (Å²) in [5.74, 6) is 0.853. The SMILES string of the molecule is CCCCC(=O)Nc1nc(-c2ccc(OC)cc2)c(C)s1. The summed E-state index contributed by atoms with van der Waals surface area (Å²) in [5, 5.41) is 3.54. The molecule has 5 heteroatoms. The predicted molar refractivity (Wildman–Crippen MR) is 87.0 cm³/mol. The van der Waals surface area contributed by atoms with Gasteiger partial charge in [-0.3, -0.25) is 4.79 Å². The van der Waals surface area contributed by atoms with E-state index in [0.29, 0.717) is 11.6 Å². The van der Waals surface area contributed by atoms with E-state index in [9.17, 15) is 4.79 Å². The van der Waals surface area contributed by atoms with Gasteiger partial charge in [0, 0.05) is 16.9 Å². The number of benzene rings is 1. The molecule has 4 nitrogen and oxygen atoms in total. The summed E-state index contributed by atoms with van der Waals surface area (Å²) >= 11 is 1.51. The topological polar surface area (TPSA) is 51.2 Å². The lowest BCUT2D eigenvalue weighted by Gasteiger charge is -2.02. The number of carbonyl (C=O) groups excluding carboxylic acids is 1. The number of rotatable bonds is 6. The average molecular weight is 304 g/mol. The summed E-state index contributed by atoms with van der Waals surface area (Å²) < 4.78 is 5.16. The summed E-state index contributed by atoms with van der Waals surface area (Å²) in [6.07, 6.45) is 2.47. The normalized spacial score (nSPS) is 10.4. The van der Waals surface area contributed by atoms with Crippen LogP contribution in [0.3, 0.4) is 0 Å². The molecule has 2 aromatic rings. The van der Waals surface area contributed by atoms with Crippen LogP contribution < -0.4 is 10.1 Å². The third-order valence-electron chi connectivity index (χ3n) is 3.16. The number of hydrogen-bond donors (Lipinski definition) is 1. The maximum absolute atomic E-state index is 11.8. The second-order valence-corrected chi connectivity index (χ2v) is 6.01. The van der Waals surface area contributed by atoms with E-state index in [-0.39, 0.29) is 5.91 Å². The van der Waals surface area contributed by atoms with Crippen LogP contribution >= 0.6 is 11.3 Å². The quantitative estimate of drug-likeness (QED) is 0.867. The third-order valence-corrected chi connectivity index (χ3v) is 4.05. The molecular weight excluding hydrogens is 284 g/mol. The molecule has 0 radical (unpaired) electrons. The smallest absolute Gasteiger partial charge is 0.226 e. The Morgan fingerprint density at radius 2 is 2.05 bits per heavy atom. The summed E-state index contributed by atoms with van der Waals surface area (Å²) in [7, 11) is 1.65. The highest BCUT2D eigenvalue weighted by Gasteiger charge is 2.12. The van der Waals surface area contributed by atoms with Gasteiger partial charge in [-0.05, 0) is 37.6 Å². The highest BCUT2D eigenvalue weighted by atomic mass is 32.1. The Bertz CT molecular complexity index is 605. The number of nitrogens with one attached hydrogen (secondary N) is 1. The molecule has 0 atom stereocenters. The number of methoxy groups -OCH3 is 1. The molecule has 1 N–H and O–H groups in total. The molecule has 0 saturated heterocycles. The minimum Gasteiger partial charge on any atom is -0.497 e. The van der Waals surface area contributed by atoms with Crippen molar-refractivity contribution in [1.82, 2.24) is 4.98 Å². The van der Waals surface area contributed by atoms with Gasteiger partial charge >= 0.3 is 0 Å². The number of amides is 1. The van der Waals surface area contributed by atoms with Gasteiger partial charge in [0.2, 0.25) is 5.91 Å². The molecule has 0 aliphatic carbocycles. The monoisotopic (exact) mass is 304 g/mol. The molecule has 0 aliphatic rings. The molecule has 112 valence electrons. The zero-order valence-electron chi connectivity index (χ0n) is 12.6. The highest BCUT2D eigenvalue weighted by molar-refractivity contribution is 7.16. The predicted octanol–water partition coefficient (Wildman–Crippen LogP) is 4.26. The van der Waals surface area contributed by atoms with Gasteiger partial charge < -0.3 is 10.1 Å². The molecule has 1 aromatic carbocycles. The van der Waals surface area contributed by atoms with Crippen LogP contribution in [0.4, 0.5) is 5.13 Å². The summed E-state index contributed by atoms with van der Waals surface area (Å²) in [4.78, 5) is 17.4. The first kappa shape index (κ1) is 15.5. The van der Waals surface area contributed by atoms with Crippen molar-refractivity contribution < 1.29 is 9.53 Å². The number of carbonyl (C=O) groups is 1. The molecule has 21 heavy (non-hydrogen) atoms. The lowest BCUT2D eigenvalue weighted by atomic mass is 10.1. The van der Waals surface area contributed by atoms with E-state index in [1.807, 2.05) is 31.2 Å². The number of aromatic nitrogens is 1. The fourth-order valence-electron chi connectivity index (χ4n) is 1.99. The third kappa shape index (κ3) is 4.04. The lowest BCUT2D eigenvalue weighted by Crippen LogP contribution is -2.10. The standard InChI is InChI=1S/C16H20N2O2S/c1-4-5-6-14(19)17-16-18-15(11(2)21-16)12-7-9-13(20-3)10-8-12/h7-10H,4-6H2,1-3H3,(H,17,18,19). The molecule has 1 heterocycles. The highest BCUT2D eigenvalue weighted by Crippen LogP contribution is 2.31. The average Bonchev–Trinajstić information content (AvgIpc) is 2.85. The fourth-order valence-corrected chi connectivity index (χ4v) is 2.84. The lowest BCUT2D eigenvalue weighted by molar-refractivity contribution is -0.116. The van der Waals surface area contributed by atoms with Gasteiger partial charge in [-0.15, -0.1) is 11.3 Å². The Kier molecular flexibility index (Phi) is 5.33. The molecule has 2 rings (SSSR count). The van der Waals surface area contributed by atoms with E-state index in [0.717, 1.165) is 34.7 Å². The first-order valence-electron chi connectivity index (χ1n) is 7.05. The molecule has 0 unspecified atom stereocenters. The Morgan fingerprint density at radius 1 is 1.33 bits per heavy atom. The maximum atomic E-state index is 11.8. The molecule has 0 aliphatic heterocycles. The second kappa shape index (κ2) is 7.22. The minimum atomic E-state index is 0.0341.